The molecule has 3 rings (SSSR count). The highest BCUT2D eigenvalue weighted by Crippen LogP contribution is 2.50. The zero-order chi connectivity index (χ0) is 26.9. The maximum atomic E-state index is 12.2. The molecule has 0 spiro atoms. The molecule has 1 aromatic heterocycles. The van der Waals surface area contributed by atoms with Gasteiger partial charge in [0.15, 0.2) is 11.2 Å². The second-order valence-corrected chi connectivity index (χ2v) is 10.4. The summed E-state index contributed by atoms with van der Waals surface area (Å²) in [6.45, 7) is 0.913. The van der Waals surface area contributed by atoms with E-state index >= 15 is 0 Å². The van der Waals surface area contributed by atoms with E-state index in [1.54, 1.807) is 12.1 Å². The van der Waals surface area contributed by atoms with Crippen molar-refractivity contribution in [2.75, 3.05) is 6.54 Å². The summed E-state index contributed by atoms with van der Waals surface area (Å²) >= 11 is 0. The Labute approximate surface area is 212 Å². The Morgan fingerprint density at radius 2 is 1.78 bits per heavy atom. The van der Waals surface area contributed by atoms with Gasteiger partial charge >= 0.3 is 19.7 Å². The number of nitrogens with one attached hydrogen (secondary N) is 1. The first-order valence-electron chi connectivity index (χ1n) is 11.3. The number of carbonyl (C=O) groups excluding carboxylic acids is 2. The van der Waals surface area contributed by atoms with E-state index in [1.807, 2.05) is 30.3 Å². The molecule has 3 aromatic rings. The molecular formula is C23H28N5O8P. The summed E-state index contributed by atoms with van der Waals surface area (Å²) < 4.78 is 21.5. The lowest BCUT2D eigenvalue weighted by Gasteiger charge is -2.24. The highest BCUT2D eigenvalue weighted by molar-refractivity contribution is 7.53. The Bertz CT molecular complexity index is 1230. The van der Waals surface area contributed by atoms with Crippen LogP contribution in [0.15, 0.2) is 54.6 Å². The lowest BCUT2D eigenvalue weighted by atomic mass is 10.1. The minimum atomic E-state index is -4.67. The number of hydrogen-bond donors (Lipinski definition) is 4. The average molecular weight is 533 g/mol. The van der Waals surface area contributed by atoms with Gasteiger partial charge in [-0.15, -0.1) is 15.0 Å². The van der Waals surface area contributed by atoms with Crippen molar-refractivity contribution in [1.29, 1.82) is 0 Å². The maximum Gasteiger partial charge on any atom is 0.412 e. The SMILES string of the molecule is CC(O)(CCCNC(=O)Oc1ccc(CC(=O)OCn2nnc(Cc3ccccc3)n2)cc1)P(=O)(O)O. The normalized spacial score (nSPS) is 13.0. The van der Waals surface area contributed by atoms with Gasteiger partial charge in [-0.1, -0.05) is 42.5 Å². The Kier molecular flexibility index (Phi) is 9.48. The Balaban J connectivity index is 1.36. The fourth-order valence-corrected chi connectivity index (χ4v) is 3.55. The van der Waals surface area contributed by atoms with Crippen LogP contribution in [0.2, 0.25) is 0 Å². The van der Waals surface area contributed by atoms with Crippen LogP contribution in [0.4, 0.5) is 4.79 Å². The Hall–Kier alpha value is -3.64. The third kappa shape index (κ3) is 9.07. The minimum absolute atomic E-state index is 0.0163. The lowest BCUT2D eigenvalue weighted by molar-refractivity contribution is -0.147. The molecule has 37 heavy (non-hydrogen) atoms. The number of nitrogens with zero attached hydrogens (tertiary/aromatic N) is 4. The molecule has 1 unspecified atom stereocenters. The first-order valence-corrected chi connectivity index (χ1v) is 12.9. The van der Waals surface area contributed by atoms with Gasteiger partial charge in [-0.2, -0.15) is 0 Å². The molecule has 0 fully saturated rings. The van der Waals surface area contributed by atoms with Gasteiger partial charge < -0.3 is 29.7 Å². The molecule has 0 aliphatic carbocycles. The van der Waals surface area contributed by atoms with Gasteiger partial charge in [-0.3, -0.25) is 9.36 Å². The predicted octanol–water partition coefficient (Wildman–Crippen LogP) is 1.76. The van der Waals surface area contributed by atoms with Crippen molar-refractivity contribution < 1.29 is 38.5 Å². The molecule has 0 aliphatic heterocycles. The number of hydrogen-bond acceptors (Lipinski definition) is 9. The van der Waals surface area contributed by atoms with Crippen LogP contribution < -0.4 is 10.1 Å². The average Bonchev–Trinajstić information content (AvgIpc) is 3.29. The number of rotatable bonds is 12. The Morgan fingerprint density at radius 1 is 1.08 bits per heavy atom. The van der Waals surface area contributed by atoms with Crippen LogP contribution in [0.3, 0.4) is 0 Å². The molecule has 1 heterocycles. The molecule has 0 saturated carbocycles. The van der Waals surface area contributed by atoms with Gasteiger partial charge in [-0.25, -0.2) is 4.79 Å². The summed E-state index contributed by atoms with van der Waals surface area (Å²) in [7, 11) is -4.67. The van der Waals surface area contributed by atoms with Crippen molar-refractivity contribution in [2.45, 2.75) is 44.7 Å². The Morgan fingerprint density at radius 3 is 2.46 bits per heavy atom. The van der Waals surface area contributed by atoms with E-state index in [9.17, 15) is 19.3 Å². The lowest BCUT2D eigenvalue weighted by Crippen LogP contribution is -2.30. The van der Waals surface area contributed by atoms with Gasteiger partial charge in [0.2, 0.25) is 6.73 Å². The highest BCUT2D eigenvalue weighted by Gasteiger charge is 2.39. The summed E-state index contributed by atoms with van der Waals surface area (Å²) in [5.74, 6) is 0.240. The van der Waals surface area contributed by atoms with Gasteiger partial charge in [0.05, 0.1) is 6.42 Å². The number of aromatic nitrogens is 4. The van der Waals surface area contributed by atoms with Crippen LogP contribution >= 0.6 is 7.60 Å². The van der Waals surface area contributed by atoms with Crippen molar-refractivity contribution in [2.24, 2.45) is 0 Å². The number of amides is 1. The van der Waals surface area contributed by atoms with Gasteiger partial charge in [0.1, 0.15) is 5.75 Å². The van der Waals surface area contributed by atoms with E-state index in [0.29, 0.717) is 17.8 Å². The zero-order valence-corrected chi connectivity index (χ0v) is 21.0. The number of aliphatic hydroxyl groups is 1. The second-order valence-electron chi connectivity index (χ2n) is 8.39. The fraction of sp³-hybridized carbons (Fsp3) is 0.348. The molecule has 0 saturated heterocycles. The minimum Gasteiger partial charge on any atom is -0.440 e. The first kappa shape index (κ1) is 27.9. The van der Waals surface area contributed by atoms with Gasteiger partial charge in [0.25, 0.3) is 0 Å². The molecular weight excluding hydrogens is 505 g/mol. The fourth-order valence-electron chi connectivity index (χ4n) is 3.11. The summed E-state index contributed by atoms with van der Waals surface area (Å²) in [5.41, 5.74) is 1.67. The number of benzene rings is 2. The second kappa shape index (κ2) is 12.5. The summed E-state index contributed by atoms with van der Waals surface area (Å²) in [4.78, 5) is 43.4. The molecule has 0 aliphatic rings. The van der Waals surface area contributed by atoms with Gasteiger partial charge in [-0.05, 0) is 48.2 Å². The third-order valence-electron chi connectivity index (χ3n) is 5.25. The molecule has 0 radical (unpaired) electrons. The zero-order valence-electron chi connectivity index (χ0n) is 20.1. The molecule has 1 atom stereocenters. The monoisotopic (exact) mass is 533 g/mol. The third-order valence-corrected chi connectivity index (χ3v) is 6.73. The van der Waals surface area contributed by atoms with E-state index in [0.717, 1.165) is 12.5 Å². The van der Waals surface area contributed by atoms with Crippen molar-refractivity contribution in [3.8, 4) is 5.75 Å². The van der Waals surface area contributed by atoms with E-state index < -0.39 is 25.0 Å². The summed E-state index contributed by atoms with van der Waals surface area (Å²) in [6.07, 6.45) is -0.344. The van der Waals surface area contributed by atoms with Crippen LogP contribution in [0.25, 0.3) is 0 Å². The van der Waals surface area contributed by atoms with Crippen LogP contribution in [0, 0.1) is 0 Å². The smallest absolute Gasteiger partial charge is 0.412 e. The van der Waals surface area contributed by atoms with Crippen LogP contribution in [-0.4, -0.2) is 59.1 Å². The van der Waals surface area contributed by atoms with E-state index in [4.69, 9.17) is 19.3 Å². The molecule has 4 N–H and O–H groups in total. The van der Waals surface area contributed by atoms with Crippen LogP contribution in [0.5, 0.6) is 5.75 Å². The van der Waals surface area contributed by atoms with E-state index in [-0.39, 0.29) is 38.3 Å². The van der Waals surface area contributed by atoms with Gasteiger partial charge in [0, 0.05) is 13.0 Å². The topological polar surface area (TPSA) is 186 Å². The molecule has 0 bridgehead atoms. The standard InChI is InChI=1S/C23H28N5O8P/c1-23(31,37(32,33)34)12-5-13-24-22(30)36-19-10-8-18(9-11-19)15-21(29)35-16-28-26-20(25-27-28)14-17-6-3-2-4-7-17/h2-4,6-11,31H,5,12-16H2,1H3,(H,24,30)(H2,32,33,34). The predicted molar refractivity (Wildman–Crippen MR) is 129 cm³/mol. The quantitative estimate of drug-likeness (QED) is 0.151. The highest BCUT2D eigenvalue weighted by atomic mass is 31.2. The molecule has 14 heteroatoms. The van der Waals surface area contributed by atoms with E-state index in [1.165, 1.54) is 16.9 Å². The van der Waals surface area contributed by atoms with Crippen LogP contribution in [-0.2, 0) is 33.7 Å². The molecule has 198 valence electrons. The molecule has 13 nitrogen and oxygen atoms in total. The number of ether oxygens (including phenoxy) is 2. The summed E-state index contributed by atoms with van der Waals surface area (Å²) in [6, 6.07) is 15.9. The number of tetrazole rings is 1. The van der Waals surface area contributed by atoms with Crippen LogP contribution in [0.1, 0.15) is 36.7 Å². The first-order chi connectivity index (χ1) is 17.5. The summed E-state index contributed by atoms with van der Waals surface area (Å²) in [5, 5.41) is 22.0. The maximum absolute atomic E-state index is 12.2. The van der Waals surface area contributed by atoms with Crippen molar-refractivity contribution in [3.63, 3.8) is 0 Å². The molecule has 2 aromatic carbocycles. The largest absolute Gasteiger partial charge is 0.440 e. The number of carbonyl (C=O) groups is 2. The number of esters is 1. The van der Waals surface area contributed by atoms with Crippen molar-refractivity contribution in [3.05, 3.63) is 71.5 Å². The van der Waals surface area contributed by atoms with Crippen molar-refractivity contribution >= 4 is 19.7 Å². The van der Waals surface area contributed by atoms with Crippen molar-refractivity contribution in [1.82, 2.24) is 25.5 Å². The molecule has 1 amide bonds. The van der Waals surface area contributed by atoms with E-state index in [2.05, 4.69) is 20.7 Å².